The minimum absolute atomic E-state index is 0.181. The monoisotopic (exact) mass is 356 g/mol. The minimum atomic E-state index is -2.62. The highest BCUT2D eigenvalue weighted by atomic mass is 28.4. The highest BCUT2D eigenvalue weighted by Crippen LogP contribution is 2.36. The first-order valence-corrected chi connectivity index (χ1v) is 11.1. The van der Waals surface area contributed by atoms with Gasteiger partial charge in [-0.15, -0.1) is 0 Å². The van der Waals surface area contributed by atoms with Gasteiger partial charge in [-0.1, -0.05) is 26.8 Å². The van der Waals surface area contributed by atoms with Crippen LogP contribution in [-0.2, 0) is 4.43 Å². The molecule has 0 fully saturated rings. The van der Waals surface area contributed by atoms with Gasteiger partial charge in [-0.3, -0.25) is 0 Å². The van der Waals surface area contributed by atoms with Gasteiger partial charge in [0.15, 0.2) is 14.1 Å². The molecule has 4 nitrogen and oxygen atoms in total. The van der Waals surface area contributed by atoms with Gasteiger partial charge in [-0.2, -0.15) is 0 Å². The van der Waals surface area contributed by atoms with Crippen molar-refractivity contribution < 1.29 is 17.9 Å². The van der Waals surface area contributed by atoms with Gasteiger partial charge in [0.25, 0.3) is 6.43 Å². The number of aromatic nitrogens is 2. The fraction of sp³-hybridized carbons (Fsp3) is 0.588. The Hall–Kier alpha value is -1.47. The molecule has 0 aliphatic heterocycles. The molecule has 1 N–H and O–H groups in total. The second-order valence-corrected chi connectivity index (χ2v) is 12.2. The Morgan fingerprint density at radius 1 is 1.21 bits per heavy atom. The molecule has 0 saturated heterocycles. The van der Waals surface area contributed by atoms with E-state index in [1.54, 1.807) is 18.2 Å². The molecule has 2 rings (SSSR count). The fourth-order valence-electron chi connectivity index (χ4n) is 2.03. The number of hydrogen-bond acceptors (Lipinski definition) is 3. The Balaban J connectivity index is 1.90. The quantitative estimate of drug-likeness (QED) is 0.541. The van der Waals surface area contributed by atoms with Crippen LogP contribution >= 0.6 is 0 Å². The number of ether oxygens (including phenoxy) is 1. The number of nitrogens with one attached hydrogen (secondary N) is 1. The molecule has 1 heterocycles. The first-order valence-electron chi connectivity index (χ1n) is 8.15. The van der Waals surface area contributed by atoms with Gasteiger partial charge in [-0.25, -0.2) is 13.8 Å². The van der Waals surface area contributed by atoms with Gasteiger partial charge >= 0.3 is 0 Å². The molecule has 0 aliphatic carbocycles. The number of nitrogens with zero attached hydrogens (tertiary/aromatic N) is 1. The standard InChI is InChI=1S/C17H26F2N2O2Si/c1-17(2,3)24(4,5)23-11-7-10-22-13-9-6-8-12-14(13)21-16(20-12)15(18)19/h6,8-9,15H,7,10-11H2,1-5H3,(H,20,21). The van der Waals surface area contributed by atoms with E-state index in [0.29, 0.717) is 30.0 Å². The zero-order valence-corrected chi connectivity index (χ0v) is 16.0. The van der Waals surface area contributed by atoms with Crippen molar-refractivity contribution in [2.24, 2.45) is 0 Å². The molecule has 1 aromatic carbocycles. The second kappa shape index (κ2) is 7.19. The van der Waals surface area contributed by atoms with Gasteiger partial charge in [-0.05, 0) is 30.3 Å². The Labute approximate surface area is 142 Å². The van der Waals surface area contributed by atoms with Gasteiger partial charge in [0.2, 0.25) is 0 Å². The lowest BCUT2D eigenvalue weighted by atomic mass is 10.2. The predicted molar refractivity (Wildman–Crippen MR) is 94.3 cm³/mol. The number of hydrogen-bond donors (Lipinski definition) is 1. The van der Waals surface area contributed by atoms with Crippen LogP contribution in [0.15, 0.2) is 18.2 Å². The van der Waals surface area contributed by atoms with Crippen molar-refractivity contribution in [2.75, 3.05) is 13.2 Å². The molecule has 24 heavy (non-hydrogen) atoms. The average molecular weight is 356 g/mol. The lowest BCUT2D eigenvalue weighted by Gasteiger charge is -2.36. The van der Waals surface area contributed by atoms with Crippen molar-refractivity contribution in [2.45, 2.75) is 51.7 Å². The largest absolute Gasteiger partial charge is 0.491 e. The highest BCUT2D eigenvalue weighted by Gasteiger charge is 2.36. The van der Waals surface area contributed by atoms with E-state index in [0.717, 1.165) is 6.42 Å². The topological polar surface area (TPSA) is 47.1 Å². The smallest absolute Gasteiger partial charge is 0.295 e. The van der Waals surface area contributed by atoms with Gasteiger partial charge in [0.05, 0.1) is 12.1 Å². The van der Waals surface area contributed by atoms with E-state index >= 15 is 0 Å². The van der Waals surface area contributed by atoms with Crippen LogP contribution in [-0.4, -0.2) is 31.5 Å². The molecular formula is C17H26F2N2O2Si. The number of fused-ring (bicyclic) bond motifs is 1. The van der Waals surface area contributed by atoms with Crippen LogP contribution in [0.3, 0.4) is 0 Å². The maximum atomic E-state index is 12.8. The van der Waals surface area contributed by atoms with E-state index in [2.05, 4.69) is 43.8 Å². The Morgan fingerprint density at radius 3 is 2.54 bits per heavy atom. The minimum Gasteiger partial charge on any atom is -0.491 e. The van der Waals surface area contributed by atoms with Crippen LogP contribution in [0.25, 0.3) is 11.0 Å². The SMILES string of the molecule is CC(C)(C)[Si](C)(C)OCCCOc1cccc2[nH]c(C(F)F)nc12. The molecular weight excluding hydrogens is 330 g/mol. The number of rotatable bonds is 7. The number of imidazole rings is 1. The van der Waals surface area contributed by atoms with Gasteiger partial charge in [0, 0.05) is 13.0 Å². The zero-order chi connectivity index (χ0) is 18.0. The van der Waals surface area contributed by atoms with E-state index in [9.17, 15) is 8.78 Å². The van der Waals surface area contributed by atoms with Crippen LogP contribution in [0.4, 0.5) is 8.78 Å². The molecule has 134 valence electrons. The maximum absolute atomic E-state index is 12.8. The Bertz CT molecular complexity index is 681. The lowest BCUT2D eigenvalue weighted by molar-refractivity contribution is 0.142. The first kappa shape index (κ1) is 18.9. The number of H-pyrrole nitrogens is 1. The number of para-hydroxylation sites is 1. The number of halogens is 2. The van der Waals surface area contributed by atoms with E-state index in [4.69, 9.17) is 9.16 Å². The van der Waals surface area contributed by atoms with Crippen LogP contribution < -0.4 is 4.74 Å². The summed E-state index contributed by atoms with van der Waals surface area (Å²) in [6.45, 7) is 12.1. The molecule has 2 aromatic rings. The van der Waals surface area contributed by atoms with Gasteiger partial charge < -0.3 is 14.1 Å². The lowest BCUT2D eigenvalue weighted by Crippen LogP contribution is -2.41. The summed E-state index contributed by atoms with van der Waals surface area (Å²) in [5, 5.41) is 0.181. The molecule has 0 atom stereocenters. The van der Waals surface area contributed by atoms with Crippen LogP contribution in [0.1, 0.15) is 39.4 Å². The summed E-state index contributed by atoms with van der Waals surface area (Å²) in [4.78, 5) is 6.54. The Morgan fingerprint density at radius 2 is 1.92 bits per heavy atom. The zero-order valence-electron chi connectivity index (χ0n) is 15.0. The number of aromatic amines is 1. The Kier molecular flexibility index (Phi) is 5.65. The third-order valence-corrected chi connectivity index (χ3v) is 9.05. The van der Waals surface area contributed by atoms with E-state index in [-0.39, 0.29) is 10.9 Å². The highest BCUT2D eigenvalue weighted by molar-refractivity contribution is 6.74. The van der Waals surface area contributed by atoms with E-state index in [1.165, 1.54) is 0 Å². The van der Waals surface area contributed by atoms with Crippen molar-refractivity contribution >= 4 is 19.4 Å². The first-order chi connectivity index (χ1) is 11.1. The summed E-state index contributed by atoms with van der Waals surface area (Å²) in [6, 6.07) is 5.21. The second-order valence-electron chi connectivity index (χ2n) is 7.39. The number of alkyl halides is 2. The number of benzene rings is 1. The summed E-state index contributed by atoms with van der Waals surface area (Å²) < 4.78 is 37.3. The summed E-state index contributed by atoms with van der Waals surface area (Å²) in [5.41, 5.74) is 0.999. The van der Waals surface area contributed by atoms with Gasteiger partial charge in [0.1, 0.15) is 11.3 Å². The van der Waals surface area contributed by atoms with Crippen molar-refractivity contribution in [3.05, 3.63) is 24.0 Å². The average Bonchev–Trinajstić information content (AvgIpc) is 2.90. The van der Waals surface area contributed by atoms with Crippen molar-refractivity contribution in [1.29, 1.82) is 0 Å². The summed E-state index contributed by atoms with van der Waals surface area (Å²) >= 11 is 0. The summed E-state index contributed by atoms with van der Waals surface area (Å²) in [7, 11) is -1.74. The molecule has 0 spiro atoms. The third-order valence-electron chi connectivity index (χ3n) is 4.52. The summed E-state index contributed by atoms with van der Waals surface area (Å²) in [5.74, 6) is 0.185. The molecule has 1 aromatic heterocycles. The molecule has 0 aliphatic rings. The van der Waals surface area contributed by atoms with Crippen molar-refractivity contribution in [3.8, 4) is 5.75 Å². The fourth-order valence-corrected chi connectivity index (χ4v) is 3.12. The van der Waals surface area contributed by atoms with Crippen molar-refractivity contribution in [1.82, 2.24) is 9.97 Å². The third kappa shape index (κ3) is 4.33. The van der Waals surface area contributed by atoms with E-state index < -0.39 is 14.7 Å². The molecule has 0 unspecified atom stereocenters. The van der Waals surface area contributed by atoms with Crippen molar-refractivity contribution in [3.63, 3.8) is 0 Å². The molecule has 0 amide bonds. The molecule has 0 radical (unpaired) electrons. The van der Waals surface area contributed by atoms with Crippen LogP contribution in [0.2, 0.25) is 18.1 Å². The van der Waals surface area contributed by atoms with E-state index in [1.807, 2.05) is 0 Å². The normalized spacial score (nSPS) is 13.0. The maximum Gasteiger partial charge on any atom is 0.295 e. The molecule has 0 bridgehead atoms. The van der Waals surface area contributed by atoms with Crippen LogP contribution in [0.5, 0.6) is 5.75 Å². The molecule has 7 heteroatoms. The summed E-state index contributed by atoms with van der Waals surface area (Å²) in [6.07, 6.45) is -1.88. The molecule has 0 saturated carbocycles. The predicted octanol–water partition coefficient (Wildman–Crippen LogP) is 5.29. The van der Waals surface area contributed by atoms with Crippen LogP contribution in [0, 0.1) is 0 Å².